The molecular weight excluding hydrogens is 350 g/mol. The molecule has 0 unspecified atom stereocenters. The lowest BCUT2D eigenvalue weighted by atomic mass is 10.0. The van der Waals surface area contributed by atoms with Gasteiger partial charge in [0, 0.05) is 37.7 Å². The van der Waals surface area contributed by atoms with E-state index in [2.05, 4.69) is 14.8 Å². The zero-order chi connectivity index (χ0) is 18.0. The Labute approximate surface area is 152 Å². The second kappa shape index (κ2) is 6.89. The van der Waals surface area contributed by atoms with Crippen molar-refractivity contribution in [2.45, 2.75) is 19.5 Å². The molecular formula is C18H19N5O2S. The van der Waals surface area contributed by atoms with E-state index in [4.69, 9.17) is 0 Å². The lowest BCUT2D eigenvalue weighted by Gasteiger charge is -2.27. The maximum absolute atomic E-state index is 12.7. The SMILES string of the molecule is O=S(=O)(Nc1ccn(Cc2ccncc2)n1)N1CCc2ccccc2C1. The van der Waals surface area contributed by atoms with Crippen LogP contribution in [0.1, 0.15) is 16.7 Å². The molecule has 26 heavy (non-hydrogen) atoms. The molecule has 1 aromatic carbocycles. The second-order valence-corrected chi connectivity index (χ2v) is 7.88. The smallest absolute Gasteiger partial charge is 0.266 e. The van der Waals surface area contributed by atoms with E-state index in [0.29, 0.717) is 31.9 Å². The average Bonchev–Trinajstić information content (AvgIpc) is 3.08. The molecule has 1 aliphatic rings. The highest BCUT2D eigenvalue weighted by molar-refractivity contribution is 7.90. The van der Waals surface area contributed by atoms with E-state index >= 15 is 0 Å². The molecule has 0 saturated carbocycles. The summed E-state index contributed by atoms with van der Waals surface area (Å²) in [6, 6.07) is 13.4. The minimum Gasteiger partial charge on any atom is -0.266 e. The average molecular weight is 369 g/mol. The van der Waals surface area contributed by atoms with Crippen LogP contribution in [0.2, 0.25) is 0 Å². The number of aromatic nitrogens is 3. The molecule has 0 fully saturated rings. The first-order valence-corrected chi connectivity index (χ1v) is 9.81. The molecule has 1 aliphatic heterocycles. The highest BCUT2D eigenvalue weighted by atomic mass is 32.2. The molecule has 0 amide bonds. The Kier molecular flexibility index (Phi) is 4.44. The fourth-order valence-corrected chi connectivity index (χ4v) is 4.19. The van der Waals surface area contributed by atoms with E-state index in [0.717, 1.165) is 11.1 Å². The van der Waals surface area contributed by atoms with Crippen molar-refractivity contribution in [2.75, 3.05) is 11.3 Å². The summed E-state index contributed by atoms with van der Waals surface area (Å²) in [5.41, 5.74) is 3.30. The number of nitrogens with one attached hydrogen (secondary N) is 1. The Balaban J connectivity index is 1.45. The third-order valence-electron chi connectivity index (χ3n) is 4.40. The Morgan fingerprint density at radius 3 is 2.62 bits per heavy atom. The minimum absolute atomic E-state index is 0.318. The molecule has 0 saturated heterocycles. The van der Waals surface area contributed by atoms with Gasteiger partial charge in [-0.3, -0.25) is 14.4 Å². The minimum atomic E-state index is -3.64. The summed E-state index contributed by atoms with van der Waals surface area (Å²) in [6.45, 7) is 1.40. The van der Waals surface area contributed by atoms with Gasteiger partial charge in [0.05, 0.1) is 6.54 Å². The molecule has 3 aromatic rings. The molecule has 3 heterocycles. The van der Waals surface area contributed by atoms with E-state index in [1.807, 2.05) is 36.4 Å². The summed E-state index contributed by atoms with van der Waals surface area (Å²) in [5, 5.41) is 4.31. The van der Waals surface area contributed by atoms with Gasteiger partial charge in [-0.25, -0.2) is 0 Å². The third kappa shape index (κ3) is 3.61. The summed E-state index contributed by atoms with van der Waals surface area (Å²) in [5.74, 6) is 0.318. The first-order chi connectivity index (χ1) is 12.6. The van der Waals surface area contributed by atoms with Gasteiger partial charge < -0.3 is 0 Å². The van der Waals surface area contributed by atoms with Gasteiger partial charge in [0.25, 0.3) is 0 Å². The third-order valence-corrected chi connectivity index (χ3v) is 5.86. The van der Waals surface area contributed by atoms with Gasteiger partial charge >= 0.3 is 10.2 Å². The molecule has 8 heteroatoms. The van der Waals surface area contributed by atoms with Crippen LogP contribution in [0.15, 0.2) is 61.1 Å². The monoisotopic (exact) mass is 369 g/mol. The van der Waals surface area contributed by atoms with Gasteiger partial charge in [-0.15, -0.1) is 0 Å². The van der Waals surface area contributed by atoms with Crippen molar-refractivity contribution in [1.29, 1.82) is 0 Å². The molecule has 2 aromatic heterocycles. The summed E-state index contributed by atoms with van der Waals surface area (Å²) in [4.78, 5) is 3.98. The van der Waals surface area contributed by atoms with E-state index in [-0.39, 0.29) is 0 Å². The number of benzene rings is 1. The predicted molar refractivity (Wildman–Crippen MR) is 98.7 cm³/mol. The van der Waals surface area contributed by atoms with Gasteiger partial charge in [0.1, 0.15) is 0 Å². The Hall–Kier alpha value is -2.71. The van der Waals surface area contributed by atoms with Crippen LogP contribution in [0.5, 0.6) is 0 Å². The lowest BCUT2D eigenvalue weighted by molar-refractivity contribution is 0.394. The van der Waals surface area contributed by atoms with Gasteiger partial charge in [-0.2, -0.15) is 17.8 Å². The number of hydrogen-bond donors (Lipinski definition) is 1. The summed E-state index contributed by atoms with van der Waals surface area (Å²) in [7, 11) is -3.64. The van der Waals surface area contributed by atoms with Crippen molar-refractivity contribution >= 4 is 16.0 Å². The first kappa shape index (κ1) is 16.7. The molecule has 0 spiro atoms. The van der Waals surface area contributed by atoms with Crippen LogP contribution in [0.25, 0.3) is 0 Å². The maximum atomic E-state index is 12.7. The van der Waals surface area contributed by atoms with E-state index in [9.17, 15) is 8.42 Å². The van der Waals surface area contributed by atoms with Crippen molar-refractivity contribution in [2.24, 2.45) is 0 Å². The van der Waals surface area contributed by atoms with Crippen LogP contribution in [0.4, 0.5) is 5.82 Å². The van der Waals surface area contributed by atoms with Crippen LogP contribution in [-0.4, -0.2) is 34.0 Å². The molecule has 0 bridgehead atoms. The molecule has 134 valence electrons. The zero-order valence-electron chi connectivity index (χ0n) is 14.1. The Morgan fingerprint density at radius 1 is 1.04 bits per heavy atom. The predicted octanol–water partition coefficient (Wildman–Crippen LogP) is 2.04. The number of pyridine rings is 1. The van der Waals surface area contributed by atoms with Crippen LogP contribution >= 0.6 is 0 Å². The standard InChI is InChI=1S/C18H19N5O2S/c24-26(25,23-12-7-16-3-1-2-4-17(16)14-23)21-18-8-11-22(20-18)13-15-5-9-19-10-6-15/h1-6,8-11H,7,12-14H2,(H,20,21). The van der Waals surface area contributed by atoms with Crippen molar-refractivity contribution in [3.05, 3.63) is 77.7 Å². The molecule has 0 aliphatic carbocycles. The fourth-order valence-electron chi connectivity index (χ4n) is 3.05. The topological polar surface area (TPSA) is 80.1 Å². The first-order valence-electron chi connectivity index (χ1n) is 8.37. The van der Waals surface area contributed by atoms with Gasteiger partial charge in [-0.05, 0) is 35.2 Å². The quantitative estimate of drug-likeness (QED) is 0.746. The number of fused-ring (bicyclic) bond motifs is 1. The molecule has 0 atom stereocenters. The summed E-state index contributed by atoms with van der Waals surface area (Å²) < 4.78 is 31.1. The van der Waals surface area contributed by atoms with E-state index in [1.54, 1.807) is 29.3 Å². The largest absolute Gasteiger partial charge is 0.303 e. The Morgan fingerprint density at radius 2 is 1.81 bits per heavy atom. The number of rotatable bonds is 5. The fraction of sp³-hybridized carbons (Fsp3) is 0.222. The van der Waals surface area contributed by atoms with Crippen molar-refractivity contribution in [3.63, 3.8) is 0 Å². The van der Waals surface area contributed by atoms with E-state index in [1.165, 1.54) is 9.87 Å². The van der Waals surface area contributed by atoms with Gasteiger partial charge in [-0.1, -0.05) is 24.3 Å². The number of nitrogens with zero attached hydrogens (tertiary/aromatic N) is 4. The molecule has 1 N–H and O–H groups in total. The van der Waals surface area contributed by atoms with Gasteiger partial charge in [0.15, 0.2) is 5.82 Å². The Bertz CT molecular complexity index is 1000. The van der Waals surface area contributed by atoms with Crippen molar-refractivity contribution in [1.82, 2.24) is 19.1 Å². The van der Waals surface area contributed by atoms with Gasteiger partial charge in [0.2, 0.25) is 0 Å². The lowest BCUT2D eigenvalue weighted by Crippen LogP contribution is -2.39. The van der Waals surface area contributed by atoms with Crippen molar-refractivity contribution < 1.29 is 8.42 Å². The normalized spacial score (nSPS) is 14.8. The molecule has 7 nitrogen and oxygen atoms in total. The highest BCUT2D eigenvalue weighted by Crippen LogP contribution is 2.21. The summed E-state index contributed by atoms with van der Waals surface area (Å²) in [6.07, 6.45) is 5.91. The van der Waals surface area contributed by atoms with Crippen LogP contribution < -0.4 is 4.72 Å². The molecule has 0 radical (unpaired) electrons. The second-order valence-electron chi connectivity index (χ2n) is 6.21. The summed E-state index contributed by atoms with van der Waals surface area (Å²) >= 11 is 0. The number of anilines is 1. The molecule has 4 rings (SSSR count). The van der Waals surface area contributed by atoms with Crippen LogP contribution in [-0.2, 0) is 29.7 Å². The number of hydrogen-bond acceptors (Lipinski definition) is 4. The zero-order valence-corrected chi connectivity index (χ0v) is 14.9. The van der Waals surface area contributed by atoms with Crippen molar-refractivity contribution in [3.8, 4) is 0 Å². The maximum Gasteiger partial charge on any atom is 0.303 e. The van der Waals surface area contributed by atoms with Crippen LogP contribution in [0.3, 0.4) is 0 Å². The highest BCUT2D eigenvalue weighted by Gasteiger charge is 2.27. The van der Waals surface area contributed by atoms with Crippen LogP contribution in [0, 0.1) is 0 Å². The van der Waals surface area contributed by atoms with E-state index < -0.39 is 10.2 Å².